The first-order chi connectivity index (χ1) is 22.9. The smallest absolute Gasteiger partial charge is 0.417 e. The zero-order valence-corrected chi connectivity index (χ0v) is 26.3. The number of aromatic nitrogens is 4. The molecule has 1 atom stereocenters. The van der Waals surface area contributed by atoms with Gasteiger partial charge in [-0.25, -0.2) is 13.6 Å². The summed E-state index contributed by atoms with van der Waals surface area (Å²) in [7, 11) is 0. The van der Waals surface area contributed by atoms with E-state index >= 15 is 17.6 Å². The van der Waals surface area contributed by atoms with Crippen LogP contribution in [0.3, 0.4) is 0 Å². The van der Waals surface area contributed by atoms with Gasteiger partial charge in [0.15, 0.2) is 0 Å². The van der Waals surface area contributed by atoms with Crippen LogP contribution < -0.4 is 20.2 Å². The lowest BCUT2D eigenvalue weighted by Crippen LogP contribution is -2.49. The number of rotatable bonds is 5. The van der Waals surface area contributed by atoms with E-state index in [1.54, 1.807) is 17.0 Å². The van der Waals surface area contributed by atoms with Gasteiger partial charge in [0.1, 0.15) is 29.3 Å². The van der Waals surface area contributed by atoms with E-state index in [4.69, 9.17) is 4.74 Å². The number of alkyl halides is 3. The average Bonchev–Trinajstić information content (AvgIpc) is 3.35. The number of piperazine rings is 1. The van der Waals surface area contributed by atoms with Crippen molar-refractivity contribution < 1.29 is 31.5 Å². The fraction of sp³-hybridized carbons (Fsp3) is 0.258. The third-order valence-electron chi connectivity index (χ3n) is 8.18. The fourth-order valence-electron chi connectivity index (χ4n) is 6.08. The van der Waals surface area contributed by atoms with Crippen molar-refractivity contribution in [2.45, 2.75) is 23.7 Å². The summed E-state index contributed by atoms with van der Waals surface area (Å²) in [6.07, 6.45) is -1.68. The maximum atomic E-state index is 15.8. The molecule has 7 rings (SSSR count). The summed E-state index contributed by atoms with van der Waals surface area (Å²) in [6, 6.07) is 4.44. The van der Waals surface area contributed by atoms with Gasteiger partial charge in [-0.05, 0) is 24.3 Å². The second kappa shape index (κ2) is 12.0. The average molecular weight is 703 g/mol. The van der Waals surface area contributed by atoms with Crippen LogP contribution in [0.4, 0.5) is 27.8 Å². The molecule has 0 radical (unpaired) electrons. The number of fused-ring (bicyclic) bond motifs is 1. The molecule has 0 bridgehead atoms. The van der Waals surface area contributed by atoms with Crippen LogP contribution in [0.25, 0.3) is 32.2 Å². The Balaban J connectivity index is 1.51. The molecule has 248 valence electrons. The summed E-state index contributed by atoms with van der Waals surface area (Å²) in [6.45, 7) is 4.10. The number of pyridine rings is 1. The summed E-state index contributed by atoms with van der Waals surface area (Å²) in [4.78, 5) is 51.1. The first-order valence-electron chi connectivity index (χ1n) is 14.5. The third-order valence-corrected chi connectivity index (χ3v) is 10.3. The fourth-order valence-corrected chi connectivity index (χ4v) is 8.07. The van der Waals surface area contributed by atoms with Crippen molar-refractivity contribution in [3.05, 3.63) is 86.7 Å². The van der Waals surface area contributed by atoms with Gasteiger partial charge >= 0.3 is 16.7 Å². The van der Waals surface area contributed by atoms with E-state index in [1.165, 1.54) is 21.9 Å². The van der Waals surface area contributed by atoms with E-state index in [0.29, 0.717) is 23.2 Å². The van der Waals surface area contributed by atoms with E-state index < -0.39 is 56.7 Å². The maximum absolute atomic E-state index is 15.8. The molecule has 48 heavy (non-hydrogen) atoms. The highest BCUT2D eigenvalue weighted by molar-refractivity contribution is 7.99. The van der Waals surface area contributed by atoms with E-state index in [9.17, 15) is 18.8 Å². The number of amides is 1. The van der Waals surface area contributed by atoms with Crippen LogP contribution in [0, 0.1) is 11.6 Å². The molecule has 1 N–H and O–H groups in total. The summed E-state index contributed by atoms with van der Waals surface area (Å²) >= 11 is 1.33. The minimum atomic E-state index is -5.07. The van der Waals surface area contributed by atoms with E-state index in [1.807, 2.05) is 0 Å². The van der Waals surface area contributed by atoms with Crippen LogP contribution in [0.5, 0.6) is 5.75 Å². The van der Waals surface area contributed by atoms with Crippen LogP contribution in [0.1, 0.15) is 5.56 Å². The molecule has 3 aromatic heterocycles. The van der Waals surface area contributed by atoms with Crippen molar-refractivity contribution >= 4 is 55.9 Å². The third kappa shape index (κ3) is 5.49. The number of hydrogen-bond donors (Lipinski definition) is 1. The van der Waals surface area contributed by atoms with Crippen LogP contribution in [0.15, 0.2) is 63.8 Å². The number of anilines is 1. The van der Waals surface area contributed by atoms with Crippen molar-refractivity contribution in [1.82, 2.24) is 24.4 Å². The lowest BCUT2D eigenvalue weighted by molar-refractivity contribution is -0.137. The van der Waals surface area contributed by atoms with Gasteiger partial charge < -0.3 is 19.5 Å². The number of thiazole rings is 1. The van der Waals surface area contributed by atoms with Crippen LogP contribution in [-0.2, 0) is 17.5 Å². The summed E-state index contributed by atoms with van der Waals surface area (Å²) < 4.78 is 83.1. The molecule has 1 unspecified atom stereocenters. The van der Waals surface area contributed by atoms with Crippen molar-refractivity contribution in [2.24, 2.45) is 0 Å². The number of carbonyl (C=O) groups excluding carboxylic acids is 1. The number of hydrogen-bond acceptors (Lipinski definition) is 9. The Labute approximate surface area is 275 Å². The number of nitrogens with one attached hydrogen (secondary N) is 1. The SMILES string of the molecule is C=CC(=O)N1CCN(c2nc(=O)n3c4c(c(-c5c(F)cc(F)c6sc(=O)[nH]c56)c(C(F)(F)F)cc24)SCC(Oc2ccncc2)C3)CC1. The van der Waals surface area contributed by atoms with Crippen molar-refractivity contribution in [3.63, 3.8) is 0 Å². The monoisotopic (exact) mass is 702 g/mol. The molecule has 5 heterocycles. The van der Waals surface area contributed by atoms with Gasteiger partial charge in [-0.15, -0.1) is 11.8 Å². The molecule has 2 aliphatic heterocycles. The predicted octanol–water partition coefficient (Wildman–Crippen LogP) is 5.05. The Morgan fingerprint density at radius 3 is 2.48 bits per heavy atom. The van der Waals surface area contributed by atoms with E-state index in [0.717, 1.165) is 23.9 Å². The first-order valence-corrected chi connectivity index (χ1v) is 16.3. The molecule has 2 aromatic carbocycles. The molecule has 0 saturated carbocycles. The lowest BCUT2D eigenvalue weighted by Gasteiger charge is -2.35. The Bertz CT molecular complexity index is 2230. The predicted molar refractivity (Wildman–Crippen MR) is 171 cm³/mol. The zero-order valence-electron chi connectivity index (χ0n) is 24.6. The van der Waals surface area contributed by atoms with Crippen molar-refractivity contribution in [1.29, 1.82) is 0 Å². The molecular formula is C31H23F5N6O4S2. The Morgan fingerprint density at radius 1 is 1.06 bits per heavy atom. The number of halogens is 5. The van der Waals surface area contributed by atoms with Crippen molar-refractivity contribution in [2.75, 3.05) is 36.8 Å². The standard InChI is InChI=1S/C31H23F5N6O4S2/c1-2-21(43)40-7-9-41(10-8-40)28-17-11-18(31(34,35)36)22(23-19(32)12-20(33)26-24(23)38-30(45)48-26)27-25(17)42(29(44)39-28)13-16(14-47-27)46-15-3-5-37-6-4-15/h2-6,11-12,16H,1,7-10,13-14H2,(H,38,45). The molecule has 17 heteroatoms. The normalized spacial score (nSPS) is 16.7. The minimum Gasteiger partial charge on any atom is -0.488 e. The van der Waals surface area contributed by atoms with Crippen LogP contribution in [-0.4, -0.2) is 68.4 Å². The molecular weight excluding hydrogens is 680 g/mol. The number of H-pyrrole nitrogens is 1. The molecule has 10 nitrogen and oxygen atoms in total. The molecule has 0 aliphatic carbocycles. The van der Waals surface area contributed by atoms with Gasteiger partial charge in [-0.3, -0.25) is 19.1 Å². The zero-order chi connectivity index (χ0) is 33.9. The molecule has 1 fully saturated rings. The Hall–Kier alpha value is -4.77. The summed E-state index contributed by atoms with van der Waals surface area (Å²) in [5.41, 5.74) is -3.72. The molecule has 0 spiro atoms. The highest BCUT2D eigenvalue weighted by Crippen LogP contribution is 2.50. The number of benzene rings is 2. The van der Waals surface area contributed by atoms with Crippen LogP contribution >= 0.6 is 23.1 Å². The van der Waals surface area contributed by atoms with E-state index in [2.05, 4.69) is 21.5 Å². The Kier molecular flexibility index (Phi) is 7.98. The van der Waals surface area contributed by atoms with E-state index in [-0.39, 0.29) is 70.7 Å². The number of nitrogens with zero attached hydrogens (tertiary/aromatic N) is 5. The highest BCUT2D eigenvalue weighted by Gasteiger charge is 2.40. The maximum Gasteiger partial charge on any atom is 0.417 e. The summed E-state index contributed by atoms with van der Waals surface area (Å²) in [5.74, 6) is -2.34. The Morgan fingerprint density at radius 2 is 1.79 bits per heavy atom. The van der Waals surface area contributed by atoms with Crippen LogP contribution in [0.2, 0.25) is 0 Å². The number of thioether (sulfide) groups is 1. The topological polar surface area (TPSA) is 113 Å². The minimum absolute atomic E-state index is 0.0244. The molecule has 5 aromatic rings. The number of aromatic amines is 1. The second-order valence-electron chi connectivity index (χ2n) is 11.0. The molecule has 1 amide bonds. The van der Waals surface area contributed by atoms with Gasteiger partial charge in [0, 0.05) is 71.8 Å². The van der Waals surface area contributed by atoms with Gasteiger partial charge in [-0.1, -0.05) is 17.9 Å². The van der Waals surface area contributed by atoms with Gasteiger partial charge in [-0.2, -0.15) is 18.2 Å². The van der Waals surface area contributed by atoms with Gasteiger partial charge in [0.25, 0.3) is 0 Å². The summed E-state index contributed by atoms with van der Waals surface area (Å²) in [5, 5.41) is -0.0289. The molecule has 1 saturated heterocycles. The number of ether oxygens (including phenoxy) is 1. The first kappa shape index (κ1) is 31.8. The number of carbonyl (C=O) groups is 1. The second-order valence-corrected chi connectivity index (χ2v) is 13.0. The molecule has 2 aliphatic rings. The highest BCUT2D eigenvalue weighted by atomic mass is 32.2. The van der Waals surface area contributed by atoms with Crippen molar-refractivity contribution in [3.8, 4) is 16.9 Å². The van der Waals surface area contributed by atoms with Gasteiger partial charge in [0.05, 0.1) is 27.8 Å². The lowest BCUT2D eigenvalue weighted by atomic mass is 9.95. The van der Waals surface area contributed by atoms with Gasteiger partial charge in [0.2, 0.25) is 5.91 Å². The quantitative estimate of drug-likeness (QED) is 0.200. The largest absolute Gasteiger partial charge is 0.488 e.